The summed E-state index contributed by atoms with van der Waals surface area (Å²) in [6.07, 6.45) is 0. The molecule has 0 aliphatic heterocycles. The second kappa shape index (κ2) is 3.15. The Balaban J connectivity index is 3.14. The molecule has 0 saturated carbocycles. The average molecular weight is 169 g/mol. The van der Waals surface area contributed by atoms with Crippen molar-refractivity contribution in [2.75, 3.05) is 7.05 Å². The first-order valence-electron chi connectivity index (χ1n) is 3.15. The molecule has 0 fully saturated rings. The maximum absolute atomic E-state index is 11.1. The van der Waals surface area contributed by atoms with E-state index < -0.39 is 10.0 Å². The summed E-state index contributed by atoms with van der Waals surface area (Å²) in [6.45, 7) is 1.77. The zero-order valence-electron chi connectivity index (χ0n) is 6.11. The van der Waals surface area contributed by atoms with Crippen molar-refractivity contribution in [2.24, 2.45) is 0 Å². The van der Waals surface area contributed by atoms with Crippen LogP contribution in [0.15, 0.2) is 29.0 Å². The van der Waals surface area contributed by atoms with Crippen LogP contribution in [0, 0.1) is 0 Å². The first-order valence-corrected chi connectivity index (χ1v) is 4.64. The van der Waals surface area contributed by atoms with Crippen molar-refractivity contribution in [1.29, 1.82) is 0 Å². The molecular weight excluding hydrogens is 161 g/mol. The summed E-state index contributed by atoms with van der Waals surface area (Å²) in [4.78, 5) is 0.294. The van der Waals surface area contributed by atoms with Gasteiger partial charge in [0.25, 0.3) is 0 Å². The predicted molar refractivity (Wildman–Crippen MR) is 44.0 cm³/mol. The van der Waals surface area contributed by atoms with Crippen molar-refractivity contribution in [1.82, 2.24) is 4.72 Å². The van der Waals surface area contributed by atoms with E-state index in [0.29, 0.717) is 4.90 Å². The Bertz CT molecular complexity index is 322. The molecule has 1 rings (SSSR count). The molecule has 0 aliphatic carbocycles. The van der Waals surface area contributed by atoms with Gasteiger partial charge < -0.3 is 0 Å². The van der Waals surface area contributed by atoms with Crippen molar-refractivity contribution < 1.29 is 8.42 Å². The molecule has 0 atom stereocenters. The normalized spacial score (nSPS) is 11.0. The molecule has 5 heteroatoms. The molecule has 1 aromatic rings. The van der Waals surface area contributed by atoms with Gasteiger partial charge >= 0.3 is 66.1 Å². The van der Waals surface area contributed by atoms with Gasteiger partial charge in [0.05, 0.1) is 0 Å². The molecule has 1 N–H and O–H groups in total. The van der Waals surface area contributed by atoms with E-state index in [1.165, 1.54) is 7.05 Å². The summed E-state index contributed by atoms with van der Waals surface area (Å²) in [5.74, 6) is 3.37. The summed E-state index contributed by atoms with van der Waals surface area (Å²) in [5, 5.41) is 0. The summed E-state index contributed by atoms with van der Waals surface area (Å²) in [5.41, 5.74) is 0. The summed E-state index contributed by atoms with van der Waals surface area (Å²) in [6, 6.07) is 3.09. The molecule has 1 aromatic heterocycles. The molecule has 3 nitrogen and oxygen atoms in total. The molecule has 0 spiro atoms. The van der Waals surface area contributed by atoms with Crippen molar-refractivity contribution in [3.05, 3.63) is 24.1 Å². The topological polar surface area (TPSA) is 46.2 Å². The monoisotopic (exact) mass is 169 g/mol. The fourth-order valence-electron chi connectivity index (χ4n) is 0.717. The first kappa shape index (κ1) is 8.42. The van der Waals surface area contributed by atoms with Crippen LogP contribution >= 0.6 is 0 Å². The van der Waals surface area contributed by atoms with Gasteiger partial charge in [0.1, 0.15) is 0 Å². The molecule has 0 amide bonds. The van der Waals surface area contributed by atoms with Crippen LogP contribution in [0.5, 0.6) is 0 Å². The van der Waals surface area contributed by atoms with Gasteiger partial charge in [-0.1, -0.05) is 0 Å². The minimum atomic E-state index is -3.25. The van der Waals surface area contributed by atoms with Gasteiger partial charge in [-0.3, -0.25) is 0 Å². The molecule has 1 heterocycles. The number of sulfonamides is 1. The van der Waals surface area contributed by atoms with Crippen LogP contribution in [0.25, 0.3) is 0 Å². The van der Waals surface area contributed by atoms with Gasteiger partial charge in [0.2, 0.25) is 0 Å². The first-order chi connectivity index (χ1) is 5.17. The second-order valence-corrected chi connectivity index (χ2v) is 3.91. The zero-order valence-corrected chi connectivity index (χ0v) is 6.93. The van der Waals surface area contributed by atoms with Crippen molar-refractivity contribution in [3.63, 3.8) is 0 Å². The molecule has 0 unspecified atom stereocenters. The average Bonchev–Trinajstić information content (AvgIpc) is 2.06. The standard InChI is InChI=1S/C6H8BNO2S/c1-8-11(9,10)6-2-4-7-5-3-6/h2-5,8H,1H3. The third kappa shape index (κ3) is 1.88. The van der Waals surface area contributed by atoms with Gasteiger partial charge in [0.15, 0.2) is 0 Å². The van der Waals surface area contributed by atoms with E-state index in [1.807, 2.05) is 0 Å². The quantitative estimate of drug-likeness (QED) is 0.673. The molecule has 0 saturated heterocycles. The van der Waals surface area contributed by atoms with Gasteiger partial charge in [-0.05, 0) is 0 Å². The van der Waals surface area contributed by atoms with E-state index in [4.69, 9.17) is 0 Å². The summed E-state index contributed by atoms with van der Waals surface area (Å²) < 4.78 is 24.4. The van der Waals surface area contributed by atoms with Crippen molar-refractivity contribution in [3.8, 4) is 0 Å². The zero-order chi connectivity index (χ0) is 8.32. The van der Waals surface area contributed by atoms with Crippen LogP contribution in [-0.4, -0.2) is 22.4 Å². The number of nitrogens with one attached hydrogen (secondary N) is 1. The third-order valence-corrected chi connectivity index (χ3v) is 2.75. The van der Waals surface area contributed by atoms with E-state index in [2.05, 4.69) is 4.72 Å². The Morgan fingerprint density at radius 1 is 1.36 bits per heavy atom. The van der Waals surface area contributed by atoms with Crippen LogP contribution in [0.3, 0.4) is 0 Å². The number of hydrogen-bond donors (Lipinski definition) is 1. The minimum absolute atomic E-state index is 0.294. The van der Waals surface area contributed by atoms with Gasteiger partial charge in [-0.2, -0.15) is 0 Å². The third-order valence-electron chi connectivity index (χ3n) is 1.32. The Hall–Kier alpha value is -0.675. The van der Waals surface area contributed by atoms with E-state index in [0.717, 1.165) is 0 Å². The van der Waals surface area contributed by atoms with E-state index >= 15 is 0 Å². The molecule has 58 valence electrons. The van der Waals surface area contributed by atoms with E-state index in [-0.39, 0.29) is 0 Å². The molecule has 0 radical (unpaired) electrons. The van der Waals surface area contributed by atoms with Crippen molar-refractivity contribution in [2.45, 2.75) is 4.90 Å². The Morgan fingerprint density at radius 3 is 2.36 bits per heavy atom. The van der Waals surface area contributed by atoms with Crippen LogP contribution in [-0.2, 0) is 10.0 Å². The maximum atomic E-state index is 11.1. The van der Waals surface area contributed by atoms with Gasteiger partial charge in [-0.15, -0.1) is 0 Å². The van der Waals surface area contributed by atoms with Crippen LogP contribution in [0.1, 0.15) is 0 Å². The van der Waals surface area contributed by atoms with E-state index in [9.17, 15) is 8.42 Å². The fraction of sp³-hybridized carbons (Fsp3) is 0.167. The molecule has 0 bridgehead atoms. The fourth-order valence-corrected chi connectivity index (χ4v) is 1.47. The molecule has 0 aromatic carbocycles. The van der Waals surface area contributed by atoms with Crippen molar-refractivity contribution >= 4 is 16.9 Å². The van der Waals surface area contributed by atoms with Crippen LogP contribution in [0.2, 0.25) is 0 Å². The van der Waals surface area contributed by atoms with Gasteiger partial charge in [0, 0.05) is 0 Å². The second-order valence-electron chi connectivity index (χ2n) is 2.02. The summed E-state index contributed by atoms with van der Waals surface area (Å²) >= 11 is 0. The van der Waals surface area contributed by atoms with Gasteiger partial charge in [-0.25, -0.2) is 0 Å². The molecule has 11 heavy (non-hydrogen) atoms. The Labute approximate surface area is 66.7 Å². The predicted octanol–water partition coefficient (Wildman–Crippen LogP) is -0.0672. The Morgan fingerprint density at radius 2 is 1.91 bits per heavy atom. The molecular formula is C6H8BNO2S. The Kier molecular flexibility index (Phi) is 2.41. The summed E-state index contributed by atoms with van der Waals surface area (Å²) in [7, 11) is -1.86. The number of rotatable bonds is 2. The van der Waals surface area contributed by atoms with Crippen LogP contribution in [0.4, 0.5) is 0 Å². The number of hydrogen-bond acceptors (Lipinski definition) is 2. The molecule has 0 aliphatic rings. The van der Waals surface area contributed by atoms with Crippen LogP contribution < -0.4 is 4.72 Å². The SMILES string of the molecule is CNS(=O)(=O)c1ccbcc1. The van der Waals surface area contributed by atoms with E-state index in [1.54, 1.807) is 31.0 Å².